The lowest BCUT2D eigenvalue weighted by Gasteiger charge is -2.02. The second-order valence-electron chi connectivity index (χ2n) is 4.44. The molecular weight excluding hydrogens is 368 g/mol. The number of non-ortho nitro benzene ring substituents is 1. The van der Waals surface area contributed by atoms with Crippen molar-refractivity contribution >= 4 is 51.6 Å². The maximum absolute atomic E-state index is 11.9. The molecular formula is C14H14N4O3S3. The zero-order valence-corrected chi connectivity index (χ0v) is 15.0. The Hall–Kier alpha value is -1.91. The molecule has 0 unspecified atom stereocenters. The number of hydrogen-bond acceptors (Lipinski definition) is 8. The van der Waals surface area contributed by atoms with E-state index in [4.69, 9.17) is 0 Å². The molecule has 0 saturated heterocycles. The molecule has 126 valence electrons. The average molecular weight is 382 g/mol. The van der Waals surface area contributed by atoms with Gasteiger partial charge in [-0.1, -0.05) is 41.3 Å². The topological polar surface area (TPSA) is 98.0 Å². The van der Waals surface area contributed by atoms with Crippen LogP contribution in [0.15, 0.2) is 41.3 Å². The third-order valence-corrected chi connectivity index (χ3v) is 5.60. The summed E-state index contributed by atoms with van der Waals surface area (Å²) in [4.78, 5) is 22.0. The number of nitrogens with zero attached hydrogens (tertiary/aromatic N) is 3. The highest BCUT2D eigenvalue weighted by atomic mass is 32.2. The Labute approximate surface area is 151 Å². The van der Waals surface area contributed by atoms with E-state index in [1.807, 2.05) is 0 Å². The maximum Gasteiger partial charge on any atom is 0.269 e. The molecule has 1 heterocycles. The van der Waals surface area contributed by atoms with Crippen LogP contribution < -0.4 is 5.32 Å². The highest BCUT2D eigenvalue weighted by molar-refractivity contribution is 8.01. The van der Waals surface area contributed by atoms with E-state index in [2.05, 4.69) is 22.1 Å². The van der Waals surface area contributed by atoms with Gasteiger partial charge in [-0.15, -0.1) is 28.5 Å². The number of hydrogen-bond donors (Lipinski definition) is 1. The van der Waals surface area contributed by atoms with E-state index in [0.717, 1.165) is 15.7 Å². The van der Waals surface area contributed by atoms with E-state index < -0.39 is 4.92 Å². The van der Waals surface area contributed by atoms with E-state index in [-0.39, 0.29) is 17.3 Å². The molecule has 10 heteroatoms. The van der Waals surface area contributed by atoms with E-state index in [0.29, 0.717) is 10.9 Å². The molecule has 0 radical (unpaired) electrons. The summed E-state index contributed by atoms with van der Waals surface area (Å²) >= 11 is 4.26. The number of thioether (sulfide) groups is 2. The Balaban J connectivity index is 1.73. The highest BCUT2D eigenvalue weighted by Crippen LogP contribution is 2.25. The Morgan fingerprint density at radius 1 is 1.38 bits per heavy atom. The lowest BCUT2D eigenvalue weighted by Crippen LogP contribution is -2.13. The van der Waals surface area contributed by atoms with Gasteiger partial charge in [0.05, 0.1) is 10.7 Å². The molecule has 7 nitrogen and oxygen atoms in total. The predicted molar refractivity (Wildman–Crippen MR) is 98.7 cm³/mol. The summed E-state index contributed by atoms with van der Waals surface area (Å²) in [6.07, 6.45) is 1.78. The fourth-order valence-electron chi connectivity index (χ4n) is 1.58. The average Bonchev–Trinajstić information content (AvgIpc) is 3.00. The van der Waals surface area contributed by atoms with Crippen LogP contribution in [0.1, 0.15) is 5.56 Å². The first-order chi connectivity index (χ1) is 11.6. The standard InChI is InChI=1S/C14H14N4O3S3/c1-2-7-23-14-17-16-13(24-14)15-12(19)9-22-8-10-3-5-11(6-4-10)18(20)21/h2-6H,1,7-9H2,(H,15,16,19). The van der Waals surface area contributed by atoms with Crippen LogP contribution in [0.3, 0.4) is 0 Å². The minimum Gasteiger partial charge on any atom is -0.300 e. The highest BCUT2D eigenvalue weighted by Gasteiger charge is 2.09. The van der Waals surface area contributed by atoms with Crippen LogP contribution in [0.4, 0.5) is 10.8 Å². The van der Waals surface area contributed by atoms with Gasteiger partial charge in [-0.25, -0.2) is 0 Å². The number of nitrogens with one attached hydrogen (secondary N) is 1. The molecule has 0 atom stereocenters. The van der Waals surface area contributed by atoms with Gasteiger partial charge in [-0.05, 0) is 5.56 Å². The van der Waals surface area contributed by atoms with Gasteiger partial charge in [-0.2, -0.15) is 0 Å². The molecule has 1 N–H and O–H groups in total. The fourth-order valence-corrected chi connectivity index (χ4v) is 3.90. The molecule has 1 amide bonds. The molecule has 0 spiro atoms. The van der Waals surface area contributed by atoms with E-state index in [1.165, 1.54) is 47.0 Å². The van der Waals surface area contributed by atoms with Crippen molar-refractivity contribution in [3.8, 4) is 0 Å². The van der Waals surface area contributed by atoms with Crippen molar-refractivity contribution in [1.29, 1.82) is 0 Å². The van der Waals surface area contributed by atoms with Crippen LogP contribution in [0.25, 0.3) is 0 Å². The number of nitro groups is 1. The normalized spacial score (nSPS) is 10.3. The van der Waals surface area contributed by atoms with E-state index in [9.17, 15) is 14.9 Å². The van der Waals surface area contributed by atoms with Crippen LogP contribution in [0, 0.1) is 10.1 Å². The number of benzene rings is 1. The molecule has 0 fully saturated rings. The summed E-state index contributed by atoms with van der Waals surface area (Å²) in [7, 11) is 0. The Morgan fingerprint density at radius 2 is 2.12 bits per heavy atom. The van der Waals surface area contributed by atoms with Gasteiger partial charge in [-0.3, -0.25) is 20.2 Å². The van der Waals surface area contributed by atoms with Gasteiger partial charge in [0.1, 0.15) is 0 Å². The Morgan fingerprint density at radius 3 is 2.79 bits per heavy atom. The number of anilines is 1. The van der Waals surface area contributed by atoms with Gasteiger partial charge in [0.15, 0.2) is 4.34 Å². The number of nitro benzene ring substituents is 1. The van der Waals surface area contributed by atoms with Crippen molar-refractivity contribution in [1.82, 2.24) is 10.2 Å². The summed E-state index contributed by atoms with van der Waals surface area (Å²) < 4.78 is 0.781. The first-order valence-electron chi connectivity index (χ1n) is 6.76. The molecule has 2 rings (SSSR count). The SMILES string of the molecule is C=CCSc1nnc(NC(=O)CSCc2ccc([N+](=O)[O-])cc2)s1. The molecule has 24 heavy (non-hydrogen) atoms. The van der Waals surface area contributed by atoms with Crippen molar-refractivity contribution < 1.29 is 9.72 Å². The van der Waals surface area contributed by atoms with Gasteiger partial charge in [0, 0.05) is 23.6 Å². The fraction of sp³-hybridized carbons (Fsp3) is 0.214. The molecule has 0 bridgehead atoms. The van der Waals surface area contributed by atoms with Crippen LogP contribution >= 0.6 is 34.9 Å². The van der Waals surface area contributed by atoms with Gasteiger partial charge >= 0.3 is 0 Å². The summed E-state index contributed by atoms with van der Waals surface area (Å²) in [5.41, 5.74) is 0.986. The van der Waals surface area contributed by atoms with Crippen LogP contribution in [-0.4, -0.2) is 32.5 Å². The van der Waals surface area contributed by atoms with Crippen LogP contribution in [0.2, 0.25) is 0 Å². The second-order valence-corrected chi connectivity index (χ2v) is 7.67. The van der Waals surface area contributed by atoms with Crippen LogP contribution in [0.5, 0.6) is 0 Å². The lowest BCUT2D eigenvalue weighted by molar-refractivity contribution is -0.384. The first kappa shape index (κ1) is 18.4. The summed E-state index contributed by atoms with van der Waals surface area (Å²) in [5.74, 6) is 1.46. The minimum atomic E-state index is -0.436. The van der Waals surface area contributed by atoms with Crippen molar-refractivity contribution in [2.24, 2.45) is 0 Å². The second kappa shape index (κ2) is 9.40. The molecule has 0 aliphatic carbocycles. The summed E-state index contributed by atoms with van der Waals surface area (Å²) in [6, 6.07) is 6.30. The Kier molecular flexibility index (Phi) is 7.22. The summed E-state index contributed by atoms with van der Waals surface area (Å²) in [6.45, 7) is 3.63. The molecule has 1 aromatic heterocycles. The molecule has 1 aromatic carbocycles. The number of aromatic nitrogens is 2. The van der Waals surface area contributed by atoms with Gasteiger partial charge < -0.3 is 0 Å². The third-order valence-electron chi connectivity index (χ3n) is 2.63. The third kappa shape index (κ3) is 5.95. The molecule has 0 saturated carbocycles. The van der Waals surface area contributed by atoms with Crippen molar-refractivity contribution in [3.05, 3.63) is 52.6 Å². The summed E-state index contributed by atoms with van der Waals surface area (Å²) in [5, 5.41) is 21.6. The zero-order valence-electron chi connectivity index (χ0n) is 12.5. The lowest BCUT2D eigenvalue weighted by atomic mass is 10.2. The van der Waals surface area contributed by atoms with Crippen molar-refractivity contribution in [2.75, 3.05) is 16.8 Å². The zero-order chi connectivity index (χ0) is 17.4. The van der Waals surface area contributed by atoms with Gasteiger partial charge in [0.2, 0.25) is 11.0 Å². The molecule has 0 aliphatic heterocycles. The molecule has 0 aliphatic rings. The molecule has 2 aromatic rings. The monoisotopic (exact) mass is 382 g/mol. The van der Waals surface area contributed by atoms with E-state index in [1.54, 1.807) is 18.2 Å². The van der Waals surface area contributed by atoms with Crippen molar-refractivity contribution in [3.63, 3.8) is 0 Å². The predicted octanol–water partition coefficient (Wildman–Crippen LogP) is 3.60. The van der Waals surface area contributed by atoms with Crippen molar-refractivity contribution in [2.45, 2.75) is 10.1 Å². The largest absolute Gasteiger partial charge is 0.300 e. The maximum atomic E-state index is 11.9. The minimum absolute atomic E-state index is 0.0582. The quantitative estimate of drug-likeness (QED) is 0.233. The number of carbonyl (C=O) groups is 1. The van der Waals surface area contributed by atoms with E-state index >= 15 is 0 Å². The number of carbonyl (C=O) groups excluding carboxylic acids is 1. The first-order valence-corrected chi connectivity index (χ1v) is 9.72. The number of rotatable bonds is 9. The van der Waals surface area contributed by atoms with Gasteiger partial charge in [0.25, 0.3) is 5.69 Å². The Bertz CT molecular complexity index is 718. The van der Waals surface area contributed by atoms with Crippen LogP contribution in [-0.2, 0) is 10.5 Å². The smallest absolute Gasteiger partial charge is 0.269 e. The number of amides is 1.